The van der Waals surface area contributed by atoms with E-state index >= 15 is 0 Å². The van der Waals surface area contributed by atoms with Gasteiger partial charge in [0.1, 0.15) is 0 Å². The van der Waals surface area contributed by atoms with Crippen LogP contribution in [0, 0.1) is 11.3 Å². The lowest BCUT2D eigenvalue weighted by atomic mass is 9.97. The summed E-state index contributed by atoms with van der Waals surface area (Å²) < 4.78 is 5.16. The Morgan fingerprint density at radius 3 is 2.08 bits per heavy atom. The van der Waals surface area contributed by atoms with Gasteiger partial charge in [-0.05, 0) is 5.41 Å². The second-order valence-corrected chi connectivity index (χ2v) is 4.57. The average molecular weight is 171 g/mol. The van der Waals surface area contributed by atoms with Crippen LogP contribution in [0.4, 0.5) is 0 Å². The zero-order valence-electron chi connectivity index (χ0n) is 9.14. The molecule has 0 heterocycles. The van der Waals surface area contributed by atoms with Crippen molar-refractivity contribution in [1.29, 1.82) is 0 Å². The van der Waals surface area contributed by atoms with Crippen LogP contribution in [0.25, 0.3) is 0 Å². The maximum atomic E-state index is 5.16. The highest BCUT2D eigenvalue weighted by Crippen LogP contribution is 2.13. The first-order valence-electron chi connectivity index (χ1n) is 4.45. The Balaban J connectivity index is 4.13. The highest BCUT2D eigenvalue weighted by atomic mass is 16.5. The highest BCUT2D eigenvalue weighted by molar-refractivity contribution is 5.77. The van der Waals surface area contributed by atoms with Gasteiger partial charge >= 0.3 is 0 Å². The van der Waals surface area contributed by atoms with Crippen molar-refractivity contribution in [1.82, 2.24) is 0 Å². The predicted octanol–water partition coefficient (Wildman–Crippen LogP) is 2.73. The molecule has 0 atom stereocenters. The second-order valence-electron chi connectivity index (χ2n) is 4.57. The number of rotatable bonds is 2. The van der Waals surface area contributed by atoms with E-state index in [1.54, 1.807) is 7.11 Å². The molecule has 2 heteroatoms. The molecule has 0 rings (SSSR count). The maximum Gasteiger partial charge on any atom is 0.185 e. The van der Waals surface area contributed by atoms with Crippen LogP contribution in [0.2, 0.25) is 0 Å². The van der Waals surface area contributed by atoms with Crippen LogP contribution in [-0.4, -0.2) is 19.6 Å². The molecule has 0 saturated carbocycles. The van der Waals surface area contributed by atoms with E-state index in [1.165, 1.54) is 0 Å². The summed E-state index contributed by atoms with van der Waals surface area (Å²) in [5.74, 6) is 1.24. The highest BCUT2D eigenvalue weighted by Gasteiger charge is 2.11. The Kier molecular flexibility index (Phi) is 4.29. The first-order valence-corrected chi connectivity index (χ1v) is 4.45. The second kappa shape index (κ2) is 4.48. The van der Waals surface area contributed by atoms with Crippen LogP contribution in [0.3, 0.4) is 0 Å². The van der Waals surface area contributed by atoms with Gasteiger partial charge in [0.15, 0.2) is 5.90 Å². The summed E-state index contributed by atoms with van der Waals surface area (Å²) >= 11 is 0. The minimum absolute atomic E-state index is 0.249. The zero-order valence-corrected chi connectivity index (χ0v) is 9.14. The SMILES string of the molecule is COC(=NCC(C)(C)C)C(C)C. The summed E-state index contributed by atoms with van der Waals surface area (Å²) in [4.78, 5) is 4.41. The van der Waals surface area contributed by atoms with Crippen LogP contribution in [0.1, 0.15) is 34.6 Å². The molecule has 0 aromatic rings. The lowest BCUT2D eigenvalue weighted by molar-refractivity contribution is 0.360. The van der Waals surface area contributed by atoms with E-state index in [-0.39, 0.29) is 5.41 Å². The van der Waals surface area contributed by atoms with Crippen LogP contribution < -0.4 is 0 Å². The molecule has 72 valence electrons. The molecule has 12 heavy (non-hydrogen) atoms. The smallest absolute Gasteiger partial charge is 0.185 e. The first kappa shape index (κ1) is 11.5. The van der Waals surface area contributed by atoms with Crippen molar-refractivity contribution in [3.63, 3.8) is 0 Å². The zero-order chi connectivity index (χ0) is 9.78. The standard InChI is InChI=1S/C10H21NO/c1-8(2)9(12-6)11-7-10(3,4)5/h8H,7H2,1-6H3. The fraction of sp³-hybridized carbons (Fsp3) is 0.900. The van der Waals surface area contributed by atoms with Gasteiger partial charge in [-0.3, -0.25) is 4.99 Å². The molecule has 0 aliphatic heterocycles. The Morgan fingerprint density at radius 1 is 1.33 bits per heavy atom. The molecule has 0 aliphatic rings. The third-order valence-corrected chi connectivity index (χ3v) is 1.41. The molecule has 2 nitrogen and oxygen atoms in total. The number of hydrogen-bond acceptors (Lipinski definition) is 2. The van der Waals surface area contributed by atoms with Gasteiger partial charge in [-0.25, -0.2) is 0 Å². The fourth-order valence-corrected chi connectivity index (χ4v) is 0.798. The summed E-state index contributed by atoms with van der Waals surface area (Å²) in [6.45, 7) is 11.5. The van der Waals surface area contributed by atoms with Gasteiger partial charge in [-0.15, -0.1) is 0 Å². The van der Waals surface area contributed by atoms with Crippen molar-refractivity contribution in [2.75, 3.05) is 13.7 Å². The van der Waals surface area contributed by atoms with Crippen LogP contribution >= 0.6 is 0 Å². The van der Waals surface area contributed by atoms with Crippen LogP contribution in [0.5, 0.6) is 0 Å². The number of methoxy groups -OCH3 is 1. The van der Waals surface area contributed by atoms with Gasteiger partial charge in [0.25, 0.3) is 0 Å². The monoisotopic (exact) mass is 171 g/mol. The van der Waals surface area contributed by atoms with Crippen molar-refractivity contribution in [3.05, 3.63) is 0 Å². The molecule has 0 bridgehead atoms. The third-order valence-electron chi connectivity index (χ3n) is 1.41. The molecular formula is C10H21NO. The quantitative estimate of drug-likeness (QED) is 0.462. The minimum atomic E-state index is 0.249. The molecule has 0 fully saturated rings. The normalized spacial score (nSPS) is 13.8. The Labute approximate surface area is 76.0 Å². The molecule has 0 aromatic heterocycles. The van der Waals surface area contributed by atoms with Crippen LogP contribution in [0.15, 0.2) is 4.99 Å². The van der Waals surface area contributed by atoms with Gasteiger partial charge in [0.2, 0.25) is 0 Å². The number of hydrogen-bond donors (Lipinski definition) is 0. The summed E-state index contributed by atoms with van der Waals surface area (Å²) in [6, 6.07) is 0. The van der Waals surface area contributed by atoms with E-state index in [9.17, 15) is 0 Å². The van der Waals surface area contributed by atoms with E-state index in [1.807, 2.05) is 0 Å². The molecule has 0 saturated heterocycles. The van der Waals surface area contributed by atoms with Gasteiger partial charge in [0.05, 0.1) is 7.11 Å². The Morgan fingerprint density at radius 2 is 1.83 bits per heavy atom. The summed E-state index contributed by atoms with van der Waals surface area (Å²) in [5.41, 5.74) is 0.249. The summed E-state index contributed by atoms with van der Waals surface area (Å²) in [5, 5.41) is 0. The van der Waals surface area contributed by atoms with Gasteiger partial charge in [0, 0.05) is 12.5 Å². The predicted molar refractivity (Wildman–Crippen MR) is 53.6 cm³/mol. The fourth-order valence-electron chi connectivity index (χ4n) is 0.798. The topological polar surface area (TPSA) is 21.6 Å². The van der Waals surface area contributed by atoms with E-state index < -0.39 is 0 Å². The van der Waals surface area contributed by atoms with Crippen LogP contribution in [-0.2, 0) is 4.74 Å². The molecular weight excluding hydrogens is 150 g/mol. The molecule has 0 aliphatic carbocycles. The van der Waals surface area contributed by atoms with Gasteiger partial charge in [-0.1, -0.05) is 34.6 Å². The maximum absolute atomic E-state index is 5.16. The van der Waals surface area contributed by atoms with Crippen molar-refractivity contribution >= 4 is 5.90 Å². The molecule has 0 radical (unpaired) electrons. The number of aliphatic imine (C=N–C) groups is 1. The summed E-state index contributed by atoms with van der Waals surface area (Å²) in [6.07, 6.45) is 0. The number of nitrogens with zero attached hydrogens (tertiary/aromatic N) is 1. The average Bonchev–Trinajstić information content (AvgIpc) is 1.85. The van der Waals surface area contributed by atoms with Gasteiger partial charge in [-0.2, -0.15) is 0 Å². The van der Waals surface area contributed by atoms with E-state index in [0.29, 0.717) is 5.92 Å². The van der Waals surface area contributed by atoms with E-state index in [0.717, 1.165) is 12.4 Å². The Bertz CT molecular complexity index is 154. The minimum Gasteiger partial charge on any atom is -0.484 e. The van der Waals surface area contributed by atoms with Crippen molar-refractivity contribution in [2.24, 2.45) is 16.3 Å². The number of ether oxygens (including phenoxy) is 1. The third kappa shape index (κ3) is 5.16. The van der Waals surface area contributed by atoms with Crippen molar-refractivity contribution in [3.8, 4) is 0 Å². The van der Waals surface area contributed by atoms with E-state index in [2.05, 4.69) is 39.6 Å². The molecule has 0 N–H and O–H groups in total. The first-order chi connectivity index (χ1) is 5.37. The van der Waals surface area contributed by atoms with Gasteiger partial charge < -0.3 is 4.74 Å². The van der Waals surface area contributed by atoms with E-state index in [4.69, 9.17) is 4.74 Å². The van der Waals surface area contributed by atoms with Crippen molar-refractivity contribution in [2.45, 2.75) is 34.6 Å². The van der Waals surface area contributed by atoms with Crippen molar-refractivity contribution < 1.29 is 4.74 Å². The summed E-state index contributed by atoms with van der Waals surface area (Å²) in [7, 11) is 1.68. The molecule has 0 unspecified atom stereocenters. The Hall–Kier alpha value is -0.530. The molecule has 0 aromatic carbocycles. The molecule has 0 amide bonds. The molecule has 0 spiro atoms. The lowest BCUT2D eigenvalue weighted by Crippen LogP contribution is -2.16. The largest absolute Gasteiger partial charge is 0.484 e. The lowest BCUT2D eigenvalue weighted by Gasteiger charge is -2.16.